The number of carbonyl (C=O) groups is 1. The number of aromatic nitrogens is 3. The number of hydrogen-bond acceptors (Lipinski definition) is 8. The van der Waals surface area contributed by atoms with Crippen LogP contribution in [-0.2, 0) is 4.79 Å². The summed E-state index contributed by atoms with van der Waals surface area (Å²) in [7, 11) is 3.19. The summed E-state index contributed by atoms with van der Waals surface area (Å²) in [4.78, 5) is 30.8. The molecule has 2 aromatic carbocycles. The van der Waals surface area contributed by atoms with Crippen molar-refractivity contribution in [3.05, 3.63) is 78.1 Å². The van der Waals surface area contributed by atoms with Crippen LogP contribution in [0.15, 0.2) is 67.0 Å². The Morgan fingerprint density at radius 1 is 0.947 bits per heavy atom. The zero-order valence-corrected chi connectivity index (χ0v) is 21.7. The van der Waals surface area contributed by atoms with Gasteiger partial charge in [0.2, 0.25) is 11.9 Å². The highest BCUT2D eigenvalue weighted by atomic mass is 16.5. The summed E-state index contributed by atoms with van der Waals surface area (Å²) >= 11 is 0. The van der Waals surface area contributed by atoms with Crippen molar-refractivity contribution in [2.24, 2.45) is 0 Å². The van der Waals surface area contributed by atoms with E-state index in [9.17, 15) is 4.79 Å². The first-order chi connectivity index (χ1) is 18.5. The van der Waals surface area contributed by atoms with E-state index in [0.717, 1.165) is 60.0 Å². The molecule has 5 rings (SSSR count). The summed E-state index contributed by atoms with van der Waals surface area (Å²) in [5, 5.41) is 3.94. The van der Waals surface area contributed by atoms with E-state index in [1.165, 1.54) is 6.08 Å². The van der Waals surface area contributed by atoms with E-state index in [0.29, 0.717) is 17.2 Å². The van der Waals surface area contributed by atoms with Crippen LogP contribution in [0.4, 0.5) is 17.5 Å². The molecule has 9 heteroatoms. The fourth-order valence-corrected chi connectivity index (χ4v) is 4.53. The maximum Gasteiger partial charge on any atom is 0.248 e. The molecule has 3 heterocycles. The van der Waals surface area contributed by atoms with Gasteiger partial charge in [0.05, 0.1) is 19.7 Å². The van der Waals surface area contributed by atoms with E-state index in [1.807, 2.05) is 36.4 Å². The van der Waals surface area contributed by atoms with Crippen LogP contribution in [0.2, 0.25) is 0 Å². The fourth-order valence-electron chi connectivity index (χ4n) is 4.53. The number of ether oxygens (including phenoxy) is 2. The number of aryl methyl sites for hydroxylation is 1. The Kier molecular flexibility index (Phi) is 7.35. The molecule has 0 saturated carbocycles. The van der Waals surface area contributed by atoms with Gasteiger partial charge in [-0.15, -0.1) is 0 Å². The van der Waals surface area contributed by atoms with Crippen LogP contribution in [0.25, 0.3) is 17.0 Å². The maximum atomic E-state index is 12.6. The lowest BCUT2D eigenvalue weighted by molar-refractivity contribution is -0.111. The molecule has 9 nitrogen and oxygen atoms in total. The molecule has 0 spiro atoms. The highest BCUT2D eigenvalue weighted by Gasteiger charge is 2.20. The molecule has 1 N–H and O–H groups in total. The lowest BCUT2D eigenvalue weighted by Gasteiger charge is -2.35. The third-order valence-electron chi connectivity index (χ3n) is 6.56. The van der Waals surface area contributed by atoms with Crippen molar-refractivity contribution in [2.45, 2.75) is 6.92 Å². The predicted octanol–water partition coefficient (Wildman–Crippen LogP) is 4.33. The topological polar surface area (TPSA) is 92.7 Å². The number of piperazine rings is 1. The quantitative estimate of drug-likeness (QED) is 0.368. The van der Waals surface area contributed by atoms with Gasteiger partial charge >= 0.3 is 0 Å². The monoisotopic (exact) mass is 510 g/mol. The van der Waals surface area contributed by atoms with E-state index in [2.05, 4.69) is 38.1 Å². The zero-order chi connectivity index (χ0) is 26.5. The van der Waals surface area contributed by atoms with E-state index in [-0.39, 0.29) is 5.91 Å². The number of pyridine rings is 1. The zero-order valence-electron chi connectivity index (χ0n) is 21.7. The molecule has 0 bridgehead atoms. The molecule has 0 atom stereocenters. The highest BCUT2D eigenvalue weighted by Crippen LogP contribution is 2.27. The number of hydrogen-bond donors (Lipinski definition) is 1. The molecule has 4 aromatic rings. The number of fused-ring (bicyclic) bond motifs is 1. The lowest BCUT2D eigenvalue weighted by atomic mass is 10.1. The van der Waals surface area contributed by atoms with Crippen LogP contribution in [-0.4, -0.2) is 61.3 Å². The van der Waals surface area contributed by atoms with Gasteiger partial charge in [-0.25, -0.2) is 15.0 Å². The summed E-state index contributed by atoms with van der Waals surface area (Å²) in [6.45, 7) is 5.43. The Labute approximate surface area is 221 Å². The Morgan fingerprint density at radius 3 is 2.45 bits per heavy atom. The number of carbonyl (C=O) groups excluding carboxylic acids is 1. The Bertz CT molecular complexity index is 1470. The van der Waals surface area contributed by atoms with Crippen LogP contribution < -0.4 is 24.6 Å². The predicted molar refractivity (Wildman–Crippen MR) is 150 cm³/mol. The van der Waals surface area contributed by atoms with Crippen LogP contribution in [0.1, 0.15) is 11.1 Å². The summed E-state index contributed by atoms with van der Waals surface area (Å²) in [5.74, 6) is 2.83. The van der Waals surface area contributed by atoms with Crippen molar-refractivity contribution in [3.63, 3.8) is 0 Å². The van der Waals surface area contributed by atoms with Gasteiger partial charge in [0.15, 0.2) is 0 Å². The number of nitrogens with one attached hydrogen (secondary N) is 1. The van der Waals surface area contributed by atoms with Gasteiger partial charge in [0, 0.05) is 61.3 Å². The average Bonchev–Trinajstić information content (AvgIpc) is 2.96. The average molecular weight is 511 g/mol. The third-order valence-corrected chi connectivity index (χ3v) is 6.56. The first kappa shape index (κ1) is 25.0. The molecule has 0 unspecified atom stereocenters. The molecule has 2 aromatic heterocycles. The first-order valence-electron chi connectivity index (χ1n) is 12.4. The van der Waals surface area contributed by atoms with Gasteiger partial charge in [-0.2, -0.15) is 0 Å². The molecule has 1 aliphatic rings. The lowest BCUT2D eigenvalue weighted by Crippen LogP contribution is -2.47. The molecule has 1 fully saturated rings. The number of anilines is 3. The number of rotatable bonds is 7. The van der Waals surface area contributed by atoms with Crippen molar-refractivity contribution in [1.82, 2.24) is 15.0 Å². The molecule has 1 amide bonds. The molecule has 1 aliphatic heterocycles. The van der Waals surface area contributed by atoms with Crippen molar-refractivity contribution in [2.75, 3.05) is 55.5 Å². The number of amides is 1. The Hall–Kier alpha value is -4.66. The van der Waals surface area contributed by atoms with Gasteiger partial charge in [-0.1, -0.05) is 0 Å². The van der Waals surface area contributed by atoms with Gasteiger partial charge in [0.1, 0.15) is 17.3 Å². The maximum absolute atomic E-state index is 12.6. The van der Waals surface area contributed by atoms with E-state index in [1.54, 1.807) is 38.8 Å². The molecular weight excluding hydrogens is 480 g/mol. The van der Waals surface area contributed by atoms with Crippen molar-refractivity contribution < 1.29 is 14.3 Å². The van der Waals surface area contributed by atoms with Crippen LogP contribution in [0.5, 0.6) is 11.5 Å². The molecule has 0 aliphatic carbocycles. The number of benzene rings is 2. The van der Waals surface area contributed by atoms with E-state index in [4.69, 9.17) is 14.5 Å². The number of methoxy groups -OCH3 is 2. The van der Waals surface area contributed by atoms with Crippen molar-refractivity contribution in [1.29, 1.82) is 0 Å². The molecule has 1 saturated heterocycles. The normalized spacial score (nSPS) is 13.7. The Morgan fingerprint density at radius 2 is 1.71 bits per heavy atom. The van der Waals surface area contributed by atoms with E-state index < -0.39 is 0 Å². The number of nitrogens with zero attached hydrogens (tertiary/aromatic N) is 5. The van der Waals surface area contributed by atoms with Gasteiger partial charge in [-0.05, 0) is 67.1 Å². The van der Waals surface area contributed by atoms with Crippen LogP contribution >= 0.6 is 0 Å². The van der Waals surface area contributed by atoms with Gasteiger partial charge in [0.25, 0.3) is 0 Å². The SMILES string of the molecule is COc1ccc(OC)c(/C=C/C(=O)Nc2ccc3nc(N4CCN(c5ncccn5)CC4)cc(C)c3c2)c1. The second-order valence-corrected chi connectivity index (χ2v) is 8.98. The molecule has 38 heavy (non-hydrogen) atoms. The first-order valence-corrected chi connectivity index (χ1v) is 12.4. The standard InChI is InChI=1S/C29H30N6O3/c1-20-17-27(34-13-15-35(16-14-34)29-30-11-4-12-31-29)33-25-8-6-22(19-24(20)25)32-28(36)10-5-21-18-23(37-2)7-9-26(21)38-3/h4-12,17-19H,13-16H2,1-3H3,(H,32,36)/b10-5+. The van der Waals surface area contributed by atoms with Crippen molar-refractivity contribution in [3.8, 4) is 11.5 Å². The second-order valence-electron chi connectivity index (χ2n) is 8.98. The van der Waals surface area contributed by atoms with Gasteiger partial charge in [-0.3, -0.25) is 4.79 Å². The summed E-state index contributed by atoms with van der Waals surface area (Å²) in [5.41, 5.74) is 3.46. The van der Waals surface area contributed by atoms with Crippen LogP contribution in [0, 0.1) is 6.92 Å². The second kappa shape index (κ2) is 11.2. The molecular formula is C29H30N6O3. The minimum Gasteiger partial charge on any atom is -0.497 e. The largest absolute Gasteiger partial charge is 0.497 e. The van der Waals surface area contributed by atoms with Gasteiger partial charge < -0.3 is 24.6 Å². The highest BCUT2D eigenvalue weighted by molar-refractivity contribution is 6.03. The minimum absolute atomic E-state index is 0.239. The van der Waals surface area contributed by atoms with Crippen molar-refractivity contribution >= 4 is 40.3 Å². The minimum atomic E-state index is -0.239. The molecule has 0 radical (unpaired) electrons. The summed E-state index contributed by atoms with van der Waals surface area (Å²) < 4.78 is 10.7. The summed E-state index contributed by atoms with van der Waals surface area (Å²) in [6.07, 6.45) is 6.73. The smallest absolute Gasteiger partial charge is 0.248 e. The van der Waals surface area contributed by atoms with Crippen LogP contribution in [0.3, 0.4) is 0 Å². The summed E-state index contributed by atoms with van der Waals surface area (Å²) in [6, 6.07) is 15.2. The fraction of sp³-hybridized carbons (Fsp3) is 0.241. The van der Waals surface area contributed by atoms with E-state index >= 15 is 0 Å². The Balaban J connectivity index is 1.27. The third kappa shape index (κ3) is 5.51. The molecule has 194 valence electrons.